The molecule has 0 saturated carbocycles. The monoisotopic (exact) mass is 268 g/mol. The number of carboxylic acids is 1. The smallest absolute Gasteiger partial charge is 0.303 e. The van der Waals surface area contributed by atoms with E-state index in [2.05, 4.69) is 16.8 Å². The quantitative estimate of drug-likeness (QED) is 0.889. The number of rotatable bonds is 5. The molecule has 1 aromatic rings. The third-order valence-electron chi connectivity index (χ3n) is 3.67. The molecule has 1 aliphatic rings. The lowest BCUT2D eigenvalue weighted by molar-refractivity contribution is -0.138. The van der Waals surface area contributed by atoms with Gasteiger partial charge in [0.1, 0.15) is 0 Å². The molecule has 2 rings (SSSR count). The summed E-state index contributed by atoms with van der Waals surface area (Å²) in [4.78, 5) is 18.7. The largest absolute Gasteiger partial charge is 0.481 e. The number of likely N-dealkylation sites (tertiary alicyclic amines) is 1. The minimum atomic E-state index is -0.659. The average Bonchev–Trinajstić information content (AvgIpc) is 2.73. The molecule has 1 fully saturated rings. The van der Waals surface area contributed by atoms with Crippen molar-refractivity contribution < 1.29 is 9.90 Å². The van der Waals surface area contributed by atoms with Crippen LogP contribution in [0.4, 0.5) is 0 Å². The summed E-state index contributed by atoms with van der Waals surface area (Å²) >= 11 is 1.73. The maximum Gasteiger partial charge on any atom is 0.303 e. The molecule has 0 spiro atoms. The van der Waals surface area contributed by atoms with E-state index in [1.807, 2.05) is 5.51 Å². The van der Waals surface area contributed by atoms with Gasteiger partial charge in [-0.3, -0.25) is 4.79 Å². The zero-order valence-corrected chi connectivity index (χ0v) is 11.6. The first kappa shape index (κ1) is 13.5. The third kappa shape index (κ3) is 3.78. The number of aliphatic carboxylic acids is 1. The number of aryl methyl sites for hydroxylation is 1. The average molecular weight is 268 g/mol. The summed E-state index contributed by atoms with van der Waals surface area (Å²) in [5, 5.41) is 8.77. The van der Waals surface area contributed by atoms with Crippen molar-refractivity contribution >= 4 is 17.3 Å². The molecule has 0 unspecified atom stereocenters. The fraction of sp³-hybridized carbons (Fsp3) is 0.692. The predicted octanol–water partition coefficient (Wildman–Crippen LogP) is 2.18. The number of hydrogen-bond donors (Lipinski definition) is 1. The molecule has 0 amide bonds. The number of piperidine rings is 1. The van der Waals surface area contributed by atoms with E-state index in [1.165, 1.54) is 4.88 Å². The van der Waals surface area contributed by atoms with Crippen molar-refractivity contribution in [2.45, 2.75) is 32.6 Å². The van der Waals surface area contributed by atoms with Crippen LogP contribution < -0.4 is 0 Å². The van der Waals surface area contributed by atoms with Gasteiger partial charge in [0.05, 0.1) is 11.2 Å². The molecule has 0 radical (unpaired) electrons. The second-order valence-electron chi connectivity index (χ2n) is 4.99. The van der Waals surface area contributed by atoms with Gasteiger partial charge < -0.3 is 10.0 Å². The SMILES string of the molecule is Cc1ncsc1CCN1CCC(CC(=O)O)CC1. The van der Waals surface area contributed by atoms with E-state index in [4.69, 9.17) is 5.11 Å². The fourth-order valence-corrected chi connectivity index (χ4v) is 3.26. The molecule has 1 aliphatic heterocycles. The summed E-state index contributed by atoms with van der Waals surface area (Å²) in [6.07, 6.45) is 3.45. The van der Waals surface area contributed by atoms with E-state index >= 15 is 0 Å². The maximum atomic E-state index is 10.6. The highest BCUT2D eigenvalue weighted by molar-refractivity contribution is 7.09. The summed E-state index contributed by atoms with van der Waals surface area (Å²) in [5.41, 5.74) is 3.06. The number of nitrogens with zero attached hydrogens (tertiary/aromatic N) is 2. The Bertz CT molecular complexity index is 397. The first-order valence-electron chi connectivity index (χ1n) is 6.48. The van der Waals surface area contributed by atoms with Crippen LogP contribution in [-0.2, 0) is 11.2 Å². The molecule has 1 aromatic heterocycles. The Morgan fingerprint density at radius 3 is 2.83 bits per heavy atom. The highest BCUT2D eigenvalue weighted by Crippen LogP contribution is 2.21. The van der Waals surface area contributed by atoms with E-state index in [-0.39, 0.29) is 0 Å². The van der Waals surface area contributed by atoms with Gasteiger partial charge >= 0.3 is 5.97 Å². The Morgan fingerprint density at radius 2 is 2.28 bits per heavy atom. The summed E-state index contributed by atoms with van der Waals surface area (Å²) < 4.78 is 0. The summed E-state index contributed by atoms with van der Waals surface area (Å²) in [7, 11) is 0. The molecule has 1 saturated heterocycles. The number of hydrogen-bond acceptors (Lipinski definition) is 4. The van der Waals surface area contributed by atoms with Gasteiger partial charge in [0.25, 0.3) is 0 Å². The van der Waals surface area contributed by atoms with Crippen molar-refractivity contribution in [2.24, 2.45) is 5.92 Å². The van der Waals surface area contributed by atoms with Crippen molar-refractivity contribution in [1.29, 1.82) is 0 Å². The second kappa shape index (κ2) is 6.29. The number of aromatic nitrogens is 1. The van der Waals surface area contributed by atoms with E-state index in [0.717, 1.165) is 44.6 Å². The number of thiazole rings is 1. The standard InChI is InChI=1S/C13H20N2O2S/c1-10-12(18-9-14-10)4-7-15-5-2-11(3-6-15)8-13(16)17/h9,11H,2-8H2,1H3,(H,16,17). The second-order valence-corrected chi connectivity index (χ2v) is 5.93. The zero-order chi connectivity index (χ0) is 13.0. The van der Waals surface area contributed by atoms with Gasteiger partial charge in [-0.05, 0) is 45.2 Å². The molecule has 100 valence electrons. The van der Waals surface area contributed by atoms with Gasteiger partial charge in [0.15, 0.2) is 0 Å². The molecule has 18 heavy (non-hydrogen) atoms. The highest BCUT2D eigenvalue weighted by Gasteiger charge is 2.21. The Morgan fingerprint density at radius 1 is 1.56 bits per heavy atom. The molecule has 0 aliphatic carbocycles. The molecule has 0 aromatic carbocycles. The summed E-state index contributed by atoms with van der Waals surface area (Å²) in [5.74, 6) is -0.280. The topological polar surface area (TPSA) is 53.4 Å². The van der Waals surface area contributed by atoms with Gasteiger partial charge in [0.2, 0.25) is 0 Å². The minimum absolute atomic E-state index is 0.335. The van der Waals surface area contributed by atoms with Crippen molar-refractivity contribution in [2.75, 3.05) is 19.6 Å². The van der Waals surface area contributed by atoms with Crippen LogP contribution in [-0.4, -0.2) is 40.6 Å². The maximum absolute atomic E-state index is 10.6. The van der Waals surface area contributed by atoms with Crippen LogP contribution in [0.25, 0.3) is 0 Å². The lowest BCUT2D eigenvalue weighted by Crippen LogP contribution is -2.35. The Balaban J connectivity index is 1.71. The van der Waals surface area contributed by atoms with Crippen molar-refractivity contribution in [3.05, 3.63) is 16.1 Å². The van der Waals surface area contributed by atoms with Crippen LogP contribution in [0.2, 0.25) is 0 Å². The van der Waals surface area contributed by atoms with Crippen LogP contribution in [0.1, 0.15) is 29.8 Å². The first-order chi connectivity index (χ1) is 8.65. The Labute approximate surface area is 112 Å². The Kier molecular flexibility index (Phi) is 4.72. The van der Waals surface area contributed by atoms with Crippen molar-refractivity contribution in [1.82, 2.24) is 9.88 Å². The third-order valence-corrected chi connectivity index (χ3v) is 4.67. The Hall–Kier alpha value is -0.940. The van der Waals surface area contributed by atoms with Gasteiger partial charge in [0, 0.05) is 17.8 Å². The molecule has 1 N–H and O–H groups in total. The molecule has 2 heterocycles. The van der Waals surface area contributed by atoms with Gasteiger partial charge in [-0.25, -0.2) is 4.98 Å². The molecule has 5 heteroatoms. The van der Waals surface area contributed by atoms with E-state index < -0.39 is 5.97 Å². The number of carboxylic acid groups (broad SMARTS) is 1. The van der Waals surface area contributed by atoms with Crippen molar-refractivity contribution in [3.63, 3.8) is 0 Å². The lowest BCUT2D eigenvalue weighted by Gasteiger charge is -2.31. The molecule has 4 nitrogen and oxygen atoms in total. The molecular formula is C13H20N2O2S. The number of carbonyl (C=O) groups is 1. The van der Waals surface area contributed by atoms with Gasteiger partial charge in [-0.15, -0.1) is 11.3 Å². The van der Waals surface area contributed by atoms with E-state index in [0.29, 0.717) is 12.3 Å². The van der Waals surface area contributed by atoms with Crippen molar-refractivity contribution in [3.8, 4) is 0 Å². The normalized spacial score (nSPS) is 18.1. The van der Waals surface area contributed by atoms with Crippen LogP contribution in [0.3, 0.4) is 0 Å². The minimum Gasteiger partial charge on any atom is -0.481 e. The van der Waals surface area contributed by atoms with Crippen LogP contribution in [0.15, 0.2) is 5.51 Å². The highest BCUT2D eigenvalue weighted by atomic mass is 32.1. The predicted molar refractivity (Wildman–Crippen MR) is 72.0 cm³/mol. The summed E-state index contributed by atoms with van der Waals surface area (Å²) in [6.45, 7) is 5.21. The molecule has 0 bridgehead atoms. The van der Waals surface area contributed by atoms with Gasteiger partial charge in [-0.1, -0.05) is 0 Å². The zero-order valence-electron chi connectivity index (χ0n) is 10.8. The first-order valence-corrected chi connectivity index (χ1v) is 7.36. The van der Waals surface area contributed by atoms with Crippen LogP contribution in [0.5, 0.6) is 0 Å². The summed E-state index contributed by atoms with van der Waals surface area (Å²) in [6, 6.07) is 0. The molecule has 0 atom stereocenters. The van der Waals surface area contributed by atoms with E-state index in [9.17, 15) is 4.79 Å². The molecular weight excluding hydrogens is 248 g/mol. The van der Waals surface area contributed by atoms with Crippen LogP contribution in [0, 0.1) is 12.8 Å². The van der Waals surface area contributed by atoms with Crippen LogP contribution >= 0.6 is 11.3 Å². The fourth-order valence-electron chi connectivity index (χ4n) is 2.49. The van der Waals surface area contributed by atoms with E-state index in [1.54, 1.807) is 11.3 Å². The lowest BCUT2D eigenvalue weighted by atomic mass is 9.93. The van der Waals surface area contributed by atoms with Gasteiger partial charge in [-0.2, -0.15) is 0 Å².